The number of ether oxygens (including phenoxy) is 1. The van der Waals surface area contributed by atoms with Crippen LogP contribution in [0.15, 0.2) is 34.1 Å². The predicted molar refractivity (Wildman–Crippen MR) is 117 cm³/mol. The molecule has 0 bridgehead atoms. The molecule has 4 rings (SSSR count). The van der Waals surface area contributed by atoms with Gasteiger partial charge in [0.2, 0.25) is 5.43 Å². The number of benzene rings is 1. The molecule has 3 aromatic rings. The minimum absolute atomic E-state index is 0.0269. The molecule has 0 radical (unpaired) electrons. The number of hydrogen-bond donors (Lipinski definition) is 1. The van der Waals surface area contributed by atoms with Crippen molar-refractivity contribution < 1.29 is 9.53 Å². The van der Waals surface area contributed by atoms with E-state index in [0.29, 0.717) is 11.1 Å². The molecule has 0 aliphatic carbocycles. The van der Waals surface area contributed by atoms with Gasteiger partial charge >= 0.3 is 5.97 Å². The van der Waals surface area contributed by atoms with E-state index in [1.807, 2.05) is 36.6 Å². The number of nitrogen functional groups attached to an aromatic ring is 1. The van der Waals surface area contributed by atoms with Gasteiger partial charge in [0.25, 0.3) is 0 Å². The Labute approximate surface area is 173 Å². The largest absolute Gasteiger partial charge is 0.462 e. The summed E-state index contributed by atoms with van der Waals surface area (Å²) in [5.41, 5.74) is 11.0. The lowest BCUT2D eigenvalue weighted by Gasteiger charge is -2.28. The number of aryl methyl sites for hydroxylation is 2. The van der Waals surface area contributed by atoms with Crippen molar-refractivity contribution in [2.75, 3.05) is 18.1 Å². The van der Waals surface area contributed by atoms with Crippen LogP contribution in [0.1, 0.15) is 41.6 Å². The first-order chi connectivity index (χ1) is 13.8. The van der Waals surface area contributed by atoms with E-state index in [1.54, 1.807) is 24.9 Å². The first kappa shape index (κ1) is 19.5. The Morgan fingerprint density at radius 2 is 2.00 bits per heavy atom. The lowest BCUT2D eigenvalue weighted by atomic mass is 9.99. The summed E-state index contributed by atoms with van der Waals surface area (Å²) in [5, 5.41) is 0.385. The number of rotatable bonds is 3. The second-order valence-corrected chi connectivity index (χ2v) is 8.39. The van der Waals surface area contributed by atoms with Gasteiger partial charge in [-0.25, -0.2) is 4.79 Å². The van der Waals surface area contributed by atoms with E-state index in [4.69, 9.17) is 10.5 Å². The zero-order valence-corrected chi connectivity index (χ0v) is 17.7. The van der Waals surface area contributed by atoms with E-state index >= 15 is 0 Å². The number of carbonyl (C=O) groups excluding carboxylic acids is 1. The Balaban J connectivity index is 2.09. The number of pyridine rings is 2. The third kappa shape index (κ3) is 3.19. The number of nitrogens with two attached hydrogens (primary N) is 1. The van der Waals surface area contributed by atoms with Crippen molar-refractivity contribution >= 4 is 34.3 Å². The van der Waals surface area contributed by atoms with Crippen molar-refractivity contribution in [1.82, 2.24) is 9.55 Å². The molecule has 0 fully saturated rings. The zero-order valence-electron chi connectivity index (χ0n) is 16.9. The Bertz CT molecular complexity index is 1200. The van der Waals surface area contributed by atoms with Crippen LogP contribution < -0.4 is 11.2 Å². The van der Waals surface area contributed by atoms with E-state index in [9.17, 15) is 9.59 Å². The first-order valence-corrected chi connectivity index (χ1v) is 10.6. The number of hydrogen-bond acceptors (Lipinski definition) is 6. The van der Waals surface area contributed by atoms with Crippen molar-refractivity contribution in [3.8, 4) is 11.1 Å². The summed E-state index contributed by atoms with van der Waals surface area (Å²) in [6.07, 6.45) is 1.63. The Morgan fingerprint density at radius 1 is 1.31 bits per heavy atom. The van der Waals surface area contributed by atoms with Crippen LogP contribution in [0.5, 0.6) is 0 Å². The van der Waals surface area contributed by atoms with Crippen molar-refractivity contribution in [3.05, 3.63) is 51.6 Å². The fourth-order valence-electron chi connectivity index (χ4n) is 3.89. The molecule has 1 aliphatic rings. The maximum Gasteiger partial charge on any atom is 0.343 e. The van der Waals surface area contributed by atoms with E-state index < -0.39 is 5.97 Å². The second kappa shape index (κ2) is 7.22. The van der Waals surface area contributed by atoms with Crippen LogP contribution in [0, 0.1) is 13.8 Å². The van der Waals surface area contributed by atoms with E-state index in [0.717, 1.165) is 38.7 Å². The van der Waals surface area contributed by atoms with Gasteiger partial charge < -0.3 is 15.0 Å². The molecule has 3 heterocycles. The molecule has 0 saturated heterocycles. The summed E-state index contributed by atoms with van der Waals surface area (Å²) >= 11 is 1.71. The highest BCUT2D eigenvalue weighted by Gasteiger charge is 2.27. The number of anilines is 1. The van der Waals surface area contributed by atoms with Gasteiger partial charge in [0, 0.05) is 40.0 Å². The molecule has 1 atom stereocenters. The minimum Gasteiger partial charge on any atom is -0.462 e. The first-order valence-electron chi connectivity index (χ1n) is 9.58. The monoisotopic (exact) mass is 409 g/mol. The summed E-state index contributed by atoms with van der Waals surface area (Å²) in [6.45, 7) is 7.92. The molecule has 29 heavy (non-hydrogen) atoms. The predicted octanol–water partition coefficient (Wildman–Crippen LogP) is 4.11. The topological polar surface area (TPSA) is 87.2 Å². The summed E-state index contributed by atoms with van der Waals surface area (Å²) < 4.78 is 7.09. The molecular formula is C22H23N3O3S. The van der Waals surface area contributed by atoms with Crippen molar-refractivity contribution in [3.63, 3.8) is 0 Å². The Morgan fingerprint density at radius 3 is 2.66 bits per heavy atom. The van der Waals surface area contributed by atoms with Gasteiger partial charge in [-0.2, -0.15) is 0 Å². The smallest absolute Gasteiger partial charge is 0.343 e. The number of thioether (sulfide) groups is 1. The van der Waals surface area contributed by atoms with Crippen LogP contribution in [0.25, 0.3) is 22.0 Å². The number of carbonyl (C=O) groups is 1. The van der Waals surface area contributed by atoms with Crippen LogP contribution in [0.4, 0.5) is 5.69 Å². The molecule has 150 valence electrons. The fraction of sp³-hybridized carbons (Fsp3) is 0.318. The quantitative estimate of drug-likeness (QED) is 0.517. The highest BCUT2D eigenvalue weighted by molar-refractivity contribution is 7.99. The van der Waals surface area contributed by atoms with Crippen molar-refractivity contribution in [2.24, 2.45) is 0 Å². The third-order valence-corrected chi connectivity index (χ3v) is 6.47. The van der Waals surface area contributed by atoms with Gasteiger partial charge in [-0.3, -0.25) is 9.78 Å². The Kier molecular flexibility index (Phi) is 4.86. The highest BCUT2D eigenvalue weighted by atomic mass is 32.2. The third-order valence-electron chi connectivity index (χ3n) is 5.11. The maximum absolute atomic E-state index is 13.2. The van der Waals surface area contributed by atoms with Gasteiger partial charge in [-0.15, -0.1) is 11.8 Å². The van der Waals surface area contributed by atoms with E-state index in [1.165, 1.54) is 0 Å². The average Bonchev–Trinajstić information content (AvgIpc) is 2.65. The molecule has 0 unspecified atom stereocenters. The normalized spacial score (nSPS) is 15.5. The molecule has 2 aromatic heterocycles. The fourth-order valence-corrected chi connectivity index (χ4v) is 5.13. The van der Waals surface area contributed by atoms with E-state index in [-0.39, 0.29) is 23.6 Å². The maximum atomic E-state index is 13.2. The number of esters is 1. The van der Waals surface area contributed by atoms with Gasteiger partial charge in [-0.1, -0.05) is 0 Å². The van der Waals surface area contributed by atoms with E-state index in [2.05, 4.69) is 11.9 Å². The van der Waals surface area contributed by atoms with Crippen molar-refractivity contribution in [2.45, 2.75) is 38.6 Å². The number of aromatic nitrogens is 2. The number of nitrogens with zero attached hydrogens (tertiary/aromatic N) is 2. The molecule has 1 aliphatic heterocycles. The standard InChI is InChI=1S/C22H23N3O3S/c1-5-28-22(27)16-9-25-13(4)10-29-21-15(14-6-11(2)24-12(3)7-14)8-17(23)18(19(21)25)20(16)26/h6-9,13H,5,10,23H2,1-4H3/t13-/m0/s1. The van der Waals surface area contributed by atoms with Crippen LogP contribution >= 0.6 is 11.8 Å². The molecule has 6 nitrogen and oxygen atoms in total. The Hall–Kier alpha value is -2.80. The van der Waals surface area contributed by atoms with Crippen molar-refractivity contribution in [1.29, 1.82) is 0 Å². The molecule has 0 amide bonds. The second-order valence-electron chi connectivity index (χ2n) is 7.36. The molecule has 2 N–H and O–H groups in total. The summed E-state index contributed by atoms with van der Waals surface area (Å²) in [7, 11) is 0. The summed E-state index contributed by atoms with van der Waals surface area (Å²) in [6, 6.07) is 6.01. The summed E-state index contributed by atoms with van der Waals surface area (Å²) in [5.74, 6) is 0.215. The molecule has 0 saturated carbocycles. The lowest BCUT2D eigenvalue weighted by Crippen LogP contribution is -2.25. The molecular weight excluding hydrogens is 386 g/mol. The SMILES string of the molecule is CCOC(=O)c1cn2c3c(c(-c4cc(C)nc(C)c4)cc(N)c3c1=O)SC[C@@H]2C. The molecule has 7 heteroatoms. The molecule has 1 aromatic carbocycles. The van der Waals surface area contributed by atoms with Gasteiger partial charge in [0.05, 0.1) is 17.5 Å². The zero-order chi connectivity index (χ0) is 20.9. The average molecular weight is 410 g/mol. The van der Waals surface area contributed by atoms with Gasteiger partial charge in [-0.05, 0) is 57.0 Å². The molecule has 0 spiro atoms. The van der Waals surface area contributed by atoms with Gasteiger partial charge in [0.15, 0.2) is 0 Å². The highest BCUT2D eigenvalue weighted by Crippen LogP contribution is 2.44. The lowest BCUT2D eigenvalue weighted by molar-refractivity contribution is 0.0524. The van der Waals surface area contributed by atoms with Gasteiger partial charge in [0.1, 0.15) is 5.56 Å². The minimum atomic E-state index is -0.612. The van der Waals surface area contributed by atoms with Crippen LogP contribution in [0.3, 0.4) is 0 Å². The van der Waals surface area contributed by atoms with Crippen LogP contribution in [-0.4, -0.2) is 27.9 Å². The van der Waals surface area contributed by atoms with Crippen LogP contribution in [0.2, 0.25) is 0 Å². The van der Waals surface area contributed by atoms with Crippen LogP contribution in [-0.2, 0) is 4.74 Å². The summed E-state index contributed by atoms with van der Waals surface area (Å²) in [4.78, 5) is 31.0.